The number of anilines is 1. The number of nitrogens with two attached hydrogens (primary N) is 2. The molecule has 0 saturated carbocycles. The van der Waals surface area contributed by atoms with Crippen LogP contribution in [0.25, 0.3) is 0 Å². The van der Waals surface area contributed by atoms with E-state index in [9.17, 15) is 4.79 Å². The topological polar surface area (TPSA) is 81.1 Å². The van der Waals surface area contributed by atoms with Crippen LogP contribution in [-0.4, -0.2) is 18.5 Å². The molecule has 0 fully saturated rings. The molecule has 0 heterocycles. The summed E-state index contributed by atoms with van der Waals surface area (Å²) in [4.78, 5) is 11.2. The Hall–Kier alpha value is -1.26. The highest BCUT2D eigenvalue weighted by atomic mass is 35.5. The van der Waals surface area contributed by atoms with Crippen molar-refractivity contribution in [2.75, 3.05) is 11.9 Å². The lowest BCUT2D eigenvalue weighted by atomic mass is 10.1. The number of hydrogen-bond donors (Lipinski definition) is 3. The van der Waals surface area contributed by atoms with E-state index in [1.807, 2.05) is 6.92 Å². The van der Waals surface area contributed by atoms with Gasteiger partial charge in [-0.3, -0.25) is 4.79 Å². The molecule has 1 aromatic rings. The maximum absolute atomic E-state index is 11.2. The third-order valence-electron chi connectivity index (χ3n) is 2.34. The largest absolute Gasteiger partial charge is 0.383 e. The number of primary amides is 1. The van der Waals surface area contributed by atoms with Gasteiger partial charge < -0.3 is 16.8 Å². The number of carbonyl (C=O) groups excluding carboxylic acids is 1. The summed E-state index contributed by atoms with van der Waals surface area (Å²) >= 11 is 5.90. The molecule has 88 valence electrons. The summed E-state index contributed by atoms with van der Waals surface area (Å²) in [6, 6.07) is 5.19. The van der Waals surface area contributed by atoms with Gasteiger partial charge in [0.2, 0.25) is 0 Å². The molecule has 0 aliphatic heterocycles. The molecule has 16 heavy (non-hydrogen) atoms. The molecule has 0 radical (unpaired) electrons. The zero-order valence-electron chi connectivity index (χ0n) is 9.16. The lowest BCUT2D eigenvalue weighted by molar-refractivity contribution is 0.100. The fourth-order valence-electron chi connectivity index (χ4n) is 1.31. The summed E-state index contributed by atoms with van der Waals surface area (Å²) in [5.74, 6) is -0.543. The van der Waals surface area contributed by atoms with Crippen LogP contribution in [0.5, 0.6) is 0 Å². The smallest absolute Gasteiger partial charge is 0.252 e. The van der Waals surface area contributed by atoms with E-state index in [4.69, 9.17) is 23.1 Å². The molecular weight excluding hydrogens is 226 g/mol. The van der Waals surface area contributed by atoms with Crippen LogP contribution in [0.15, 0.2) is 18.2 Å². The number of amides is 1. The van der Waals surface area contributed by atoms with Crippen molar-refractivity contribution in [3.63, 3.8) is 0 Å². The number of halogens is 1. The second-order valence-corrected chi connectivity index (χ2v) is 3.98. The number of benzene rings is 1. The van der Waals surface area contributed by atoms with E-state index in [2.05, 4.69) is 5.32 Å². The molecule has 1 unspecified atom stereocenters. The normalized spacial score (nSPS) is 12.2. The van der Waals surface area contributed by atoms with Gasteiger partial charge in [-0.1, -0.05) is 24.6 Å². The highest BCUT2D eigenvalue weighted by molar-refractivity contribution is 6.34. The number of carbonyl (C=O) groups is 1. The fraction of sp³-hybridized carbons (Fsp3) is 0.364. The van der Waals surface area contributed by atoms with Gasteiger partial charge in [-0.2, -0.15) is 0 Å². The number of hydrogen-bond acceptors (Lipinski definition) is 3. The van der Waals surface area contributed by atoms with Crippen LogP contribution in [0.2, 0.25) is 5.02 Å². The maximum Gasteiger partial charge on any atom is 0.252 e. The first-order valence-corrected chi connectivity index (χ1v) is 5.51. The summed E-state index contributed by atoms with van der Waals surface area (Å²) in [5, 5.41) is 3.43. The highest BCUT2D eigenvalue weighted by Crippen LogP contribution is 2.23. The third-order valence-corrected chi connectivity index (χ3v) is 2.65. The van der Waals surface area contributed by atoms with Crippen molar-refractivity contribution in [3.05, 3.63) is 28.8 Å². The van der Waals surface area contributed by atoms with Crippen molar-refractivity contribution < 1.29 is 4.79 Å². The van der Waals surface area contributed by atoms with Crippen LogP contribution in [0, 0.1) is 0 Å². The van der Waals surface area contributed by atoms with Gasteiger partial charge >= 0.3 is 0 Å². The first kappa shape index (κ1) is 12.8. The van der Waals surface area contributed by atoms with Crippen LogP contribution in [0.4, 0.5) is 5.69 Å². The first-order chi connectivity index (χ1) is 7.56. The summed E-state index contributed by atoms with van der Waals surface area (Å²) in [6.45, 7) is 2.58. The summed E-state index contributed by atoms with van der Waals surface area (Å²) in [7, 11) is 0. The molecule has 0 saturated heterocycles. The SMILES string of the molecule is CCC(N)CNc1cccc(Cl)c1C(N)=O. The van der Waals surface area contributed by atoms with Gasteiger partial charge in [0, 0.05) is 18.3 Å². The average Bonchev–Trinajstić information content (AvgIpc) is 2.25. The number of rotatable bonds is 5. The maximum atomic E-state index is 11.2. The van der Waals surface area contributed by atoms with Crippen LogP contribution >= 0.6 is 11.6 Å². The Morgan fingerprint density at radius 3 is 2.81 bits per heavy atom. The fourth-order valence-corrected chi connectivity index (χ4v) is 1.57. The molecule has 0 spiro atoms. The first-order valence-electron chi connectivity index (χ1n) is 5.14. The predicted molar refractivity (Wildman–Crippen MR) is 66.7 cm³/mol. The van der Waals surface area contributed by atoms with E-state index < -0.39 is 5.91 Å². The molecular formula is C11H16ClN3O. The summed E-state index contributed by atoms with van der Waals surface area (Å²) < 4.78 is 0. The van der Waals surface area contributed by atoms with Gasteiger partial charge in [-0.15, -0.1) is 0 Å². The summed E-state index contributed by atoms with van der Waals surface area (Å²) in [6.07, 6.45) is 0.861. The van der Waals surface area contributed by atoms with Gasteiger partial charge in [-0.05, 0) is 18.6 Å². The minimum absolute atomic E-state index is 0.0414. The van der Waals surface area contributed by atoms with Gasteiger partial charge in [0.15, 0.2) is 0 Å². The predicted octanol–water partition coefficient (Wildman–Crippen LogP) is 1.59. The van der Waals surface area contributed by atoms with Crippen molar-refractivity contribution >= 4 is 23.2 Å². The monoisotopic (exact) mass is 241 g/mol. The minimum Gasteiger partial charge on any atom is -0.383 e. The van der Waals surface area contributed by atoms with E-state index in [1.165, 1.54) is 0 Å². The van der Waals surface area contributed by atoms with Crippen molar-refractivity contribution in [1.82, 2.24) is 0 Å². The average molecular weight is 242 g/mol. The Balaban J connectivity index is 2.87. The molecule has 0 aliphatic carbocycles. The van der Waals surface area contributed by atoms with Crippen molar-refractivity contribution in [1.29, 1.82) is 0 Å². The van der Waals surface area contributed by atoms with E-state index >= 15 is 0 Å². The molecule has 0 aliphatic rings. The van der Waals surface area contributed by atoms with Gasteiger partial charge in [0.1, 0.15) is 0 Å². The van der Waals surface area contributed by atoms with Crippen molar-refractivity contribution in [3.8, 4) is 0 Å². The Morgan fingerprint density at radius 2 is 2.25 bits per heavy atom. The zero-order chi connectivity index (χ0) is 12.1. The molecule has 5 heteroatoms. The molecule has 0 aromatic heterocycles. The van der Waals surface area contributed by atoms with E-state index in [-0.39, 0.29) is 6.04 Å². The highest BCUT2D eigenvalue weighted by Gasteiger charge is 2.12. The van der Waals surface area contributed by atoms with Crippen molar-refractivity contribution in [2.45, 2.75) is 19.4 Å². The molecule has 4 nitrogen and oxygen atoms in total. The molecule has 0 bridgehead atoms. The minimum atomic E-state index is -0.543. The Bertz CT molecular complexity index is 381. The molecule has 1 atom stereocenters. The second kappa shape index (κ2) is 5.72. The van der Waals surface area contributed by atoms with Crippen LogP contribution in [-0.2, 0) is 0 Å². The standard InChI is InChI=1S/C11H16ClN3O/c1-2-7(13)6-15-9-5-3-4-8(12)10(9)11(14)16/h3-5,7,15H,2,6,13H2,1H3,(H2,14,16). The van der Waals surface area contributed by atoms with E-state index in [0.29, 0.717) is 22.8 Å². The Labute approximate surface area is 100.0 Å². The van der Waals surface area contributed by atoms with Gasteiger partial charge in [0.05, 0.1) is 10.6 Å². The van der Waals surface area contributed by atoms with Gasteiger partial charge in [-0.25, -0.2) is 0 Å². The van der Waals surface area contributed by atoms with Crippen LogP contribution in [0.3, 0.4) is 0 Å². The van der Waals surface area contributed by atoms with E-state index in [0.717, 1.165) is 6.42 Å². The molecule has 1 amide bonds. The van der Waals surface area contributed by atoms with Gasteiger partial charge in [0.25, 0.3) is 5.91 Å². The summed E-state index contributed by atoms with van der Waals surface area (Å²) in [5.41, 5.74) is 12.0. The lowest BCUT2D eigenvalue weighted by Gasteiger charge is -2.14. The lowest BCUT2D eigenvalue weighted by Crippen LogP contribution is -2.29. The van der Waals surface area contributed by atoms with Crippen LogP contribution in [0.1, 0.15) is 23.7 Å². The third kappa shape index (κ3) is 3.12. The molecule has 1 aromatic carbocycles. The Morgan fingerprint density at radius 1 is 1.56 bits per heavy atom. The Kier molecular flexibility index (Phi) is 4.58. The number of nitrogens with one attached hydrogen (secondary N) is 1. The molecule has 1 rings (SSSR count). The quantitative estimate of drug-likeness (QED) is 0.732. The molecule has 5 N–H and O–H groups in total. The second-order valence-electron chi connectivity index (χ2n) is 3.58. The zero-order valence-corrected chi connectivity index (χ0v) is 9.92. The van der Waals surface area contributed by atoms with Crippen LogP contribution < -0.4 is 16.8 Å². The van der Waals surface area contributed by atoms with Crippen molar-refractivity contribution in [2.24, 2.45) is 11.5 Å². The van der Waals surface area contributed by atoms with E-state index in [1.54, 1.807) is 18.2 Å².